The lowest BCUT2D eigenvalue weighted by atomic mass is 9.54. The van der Waals surface area contributed by atoms with E-state index < -0.39 is 0 Å². The van der Waals surface area contributed by atoms with Crippen LogP contribution in [0.2, 0.25) is 0 Å². The third kappa shape index (κ3) is 3.24. The van der Waals surface area contributed by atoms with E-state index in [-0.39, 0.29) is 10.8 Å². The Morgan fingerprint density at radius 2 is 1.36 bits per heavy atom. The summed E-state index contributed by atoms with van der Waals surface area (Å²) in [5.74, 6) is 0.725. The summed E-state index contributed by atoms with van der Waals surface area (Å²) in [5.41, 5.74) is 12.9. The lowest BCUT2D eigenvalue weighted by Gasteiger charge is -2.49. The summed E-state index contributed by atoms with van der Waals surface area (Å²) in [7, 11) is 2.26. The highest BCUT2D eigenvalue weighted by molar-refractivity contribution is 5.96. The molecular weight excluding hydrogens is 434 g/mol. The molecular formula is C35H40N+. The number of hydrogen-bond donors (Lipinski definition) is 0. The van der Waals surface area contributed by atoms with Crippen LogP contribution in [0.1, 0.15) is 87.1 Å². The Morgan fingerprint density at radius 1 is 0.722 bits per heavy atom. The van der Waals surface area contributed by atoms with Crippen LogP contribution in [-0.4, -0.2) is 0 Å². The summed E-state index contributed by atoms with van der Waals surface area (Å²) < 4.78 is 2.41. The van der Waals surface area contributed by atoms with Crippen molar-refractivity contribution in [2.45, 2.75) is 84.0 Å². The fourth-order valence-electron chi connectivity index (χ4n) is 7.16. The van der Waals surface area contributed by atoms with Crippen LogP contribution in [-0.2, 0) is 17.9 Å². The number of hydrogen-bond acceptors (Lipinski definition) is 0. The van der Waals surface area contributed by atoms with Crippen molar-refractivity contribution in [3.05, 3.63) is 88.6 Å². The van der Waals surface area contributed by atoms with E-state index in [1.807, 2.05) is 0 Å². The highest BCUT2D eigenvalue weighted by atomic mass is 14.9. The molecule has 2 aliphatic carbocycles. The Balaban J connectivity index is 1.68. The topological polar surface area (TPSA) is 3.88 Å². The lowest BCUT2D eigenvalue weighted by molar-refractivity contribution is -0.660. The van der Waals surface area contributed by atoms with E-state index in [9.17, 15) is 0 Å². The van der Waals surface area contributed by atoms with Crippen molar-refractivity contribution in [1.82, 2.24) is 0 Å². The number of rotatable bonds is 2. The molecule has 0 spiro atoms. The molecule has 0 aliphatic heterocycles. The van der Waals surface area contributed by atoms with Crippen molar-refractivity contribution in [3.63, 3.8) is 0 Å². The van der Waals surface area contributed by atoms with E-state index in [2.05, 4.69) is 114 Å². The van der Waals surface area contributed by atoms with Gasteiger partial charge < -0.3 is 0 Å². The highest BCUT2D eigenvalue weighted by Gasteiger charge is 2.47. The van der Waals surface area contributed by atoms with Crippen molar-refractivity contribution in [3.8, 4) is 22.4 Å². The monoisotopic (exact) mass is 474 g/mol. The zero-order valence-corrected chi connectivity index (χ0v) is 23.1. The van der Waals surface area contributed by atoms with Gasteiger partial charge in [0.2, 0.25) is 5.69 Å². The van der Waals surface area contributed by atoms with Gasteiger partial charge in [-0.25, -0.2) is 4.57 Å². The van der Waals surface area contributed by atoms with Gasteiger partial charge >= 0.3 is 0 Å². The van der Waals surface area contributed by atoms with Crippen LogP contribution >= 0.6 is 0 Å². The van der Waals surface area contributed by atoms with Gasteiger partial charge in [-0.15, -0.1) is 0 Å². The molecule has 1 fully saturated rings. The minimum Gasteiger partial charge on any atom is -0.201 e. The van der Waals surface area contributed by atoms with E-state index in [0.29, 0.717) is 0 Å². The first kappa shape index (κ1) is 23.5. The third-order valence-corrected chi connectivity index (χ3v) is 10.1. The molecule has 0 radical (unpaired) electrons. The zero-order valence-electron chi connectivity index (χ0n) is 23.1. The number of pyridine rings is 1. The minimum atomic E-state index is -0.00234. The predicted molar refractivity (Wildman–Crippen MR) is 153 cm³/mol. The fraction of sp³-hybridized carbons (Fsp3) is 0.400. The maximum absolute atomic E-state index is 2.48. The Labute approximate surface area is 217 Å². The van der Waals surface area contributed by atoms with Gasteiger partial charge in [0.05, 0.1) is 5.56 Å². The minimum absolute atomic E-state index is 0.00234. The van der Waals surface area contributed by atoms with Crippen molar-refractivity contribution >= 4 is 10.8 Å². The maximum Gasteiger partial charge on any atom is 0.213 e. The fourth-order valence-corrected chi connectivity index (χ4v) is 7.16. The smallest absolute Gasteiger partial charge is 0.201 e. The molecule has 1 nitrogen and oxygen atoms in total. The van der Waals surface area contributed by atoms with Crippen molar-refractivity contribution in [2.24, 2.45) is 7.05 Å². The second-order valence-electron chi connectivity index (χ2n) is 12.6. The molecule has 6 rings (SSSR count). The molecule has 1 heterocycles. The van der Waals surface area contributed by atoms with Crippen LogP contribution in [0, 0.1) is 13.8 Å². The van der Waals surface area contributed by atoms with Crippen LogP contribution < -0.4 is 4.57 Å². The van der Waals surface area contributed by atoms with Gasteiger partial charge in [-0.3, -0.25) is 0 Å². The van der Waals surface area contributed by atoms with Crippen molar-refractivity contribution in [2.75, 3.05) is 0 Å². The quantitative estimate of drug-likeness (QED) is 0.255. The van der Waals surface area contributed by atoms with Gasteiger partial charge in [-0.1, -0.05) is 76.9 Å². The molecule has 2 aliphatic rings. The van der Waals surface area contributed by atoms with Crippen molar-refractivity contribution in [1.29, 1.82) is 0 Å². The highest BCUT2D eigenvalue weighted by Crippen LogP contribution is 2.57. The van der Waals surface area contributed by atoms with E-state index >= 15 is 0 Å². The summed E-state index contributed by atoms with van der Waals surface area (Å²) in [4.78, 5) is 0. The molecule has 1 saturated carbocycles. The standard InChI is InChI=1S/C35H40N/c1-22-16-17-29-33(32(22)31-18-23(2)28(21-36(31)7)24-12-8-9-13-24)27-19-25-14-10-11-15-26(25)20-30(27)35(5,6)34(29,3)4/h10-11,14-21,24H,8-9,12-13H2,1-7H3/q+1. The molecule has 1 heteroatoms. The first-order valence-corrected chi connectivity index (χ1v) is 13.8. The second kappa shape index (κ2) is 8.04. The van der Waals surface area contributed by atoms with Crippen LogP contribution in [0.4, 0.5) is 0 Å². The molecule has 3 aromatic carbocycles. The summed E-state index contributed by atoms with van der Waals surface area (Å²) >= 11 is 0. The molecule has 0 amide bonds. The van der Waals surface area contributed by atoms with Gasteiger partial charge in [0.25, 0.3) is 0 Å². The number of nitrogens with zero attached hydrogens (tertiary/aromatic N) is 1. The molecule has 0 unspecified atom stereocenters. The molecule has 0 N–H and O–H groups in total. The number of aromatic nitrogens is 1. The Morgan fingerprint density at radius 3 is 2.06 bits per heavy atom. The molecule has 0 bridgehead atoms. The Bertz CT molecular complexity index is 1510. The average molecular weight is 475 g/mol. The molecule has 4 aromatic rings. The van der Waals surface area contributed by atoms with Crippen LogP contribution in [0.5, 0.6) is 0 Å². The third-order valence-electron chi connectivity index (χ3n) is 10.1. The molecule has 36 heavy (non-hydrogen) atoms. The van der Waals surface area contributed by atoms with E-state index in [1.165, 1.54) is 81.1 Å². The number of aryl methyl sites for hydroxylation is 3. The largest absolute Gasteiger partial charge is 0.213 e. The lowest BCUT2D eigenvalue weighted by Crippen LogP contribution is -2.44. The normalized spacial score (nSPS) is 18.3. The Hall–Kier alpha value is -2.93. The summed E-state index contributed by atoms with van der Waals surface area (Å²) in [6.07, 6.45) is 7.86. The van der Waals surface area contributed by atoms with Gasteiger partial charge in [0, 0.05) is 11.6 Å². The summed E-state index contributed by atoms with van der Waals surface area (Å²) in [6.45, 7) is 14.4. The van der Waals surface area contributed by atoms with Gasteiger partial charge in [-0.05, 0) is 99.7 Å². The van der Waals surface area contributed by atoms with Gasteiger partial charge in [0.1, 0.15) is 7.05 Å². The van der Waals surface area contributed by atoms with Crippen LogP contribution in [0.15, 0.2) is 60.8 Å². The number of fused-ring (bicyclic) bond motifs is 4. The van der Waals surface area contributed by atoms with Crippen LogP contribution in [0.25, 0.3) is 33.2 Å². The first-order chi connectivity index (χ1) is 17.1. The van der Waals surface area contributed by atoms with Gasteiger partial charge in [-0.2, -0.15) is 0 Å². The van der Waals surface area contributed by atoms with Crippen LogP contribution in [0.3, 0.4) is 0 Å². The SMILES string of the molecule is Cc1cc(-c2c(C)ccc3c2-c2cc4ccccc4cc2C(C)(C)C3(C)C)[n+](C)cc1C1CCCC1. The maximum atomic E-state index is 2.48. The average Bonchev–Trinajstić information content (AvgIpc) is 3.38. The molecule has 0 atom stereocenters. The second-order valence-corrected chi connectivity index (χ2v) is 12.6. The molecule has 184 valence electrons. The summed E-state index contributed by atoms with van der Waals surface area (Å²) in [5, 5.41) is 2.65. The predicted octanol–water partition coefficient (Wildman–Crippen LogP) is 8.84. The zero-order chi connectivity index (χ0) is 25.4. The number of benzene rings is 3. The molecule has 1 aromatic heterocycles. The molecule has 0 saturated heterocycles. The first-order valence-electron chi connectivity index (χ1n) is 13.8. The van der Waals surface area contributed by atoms with Gasteiger partial charge in [0.15, 0.2) is 6.20 Å². The van der Waals surface area contributed by atoms with Crippen molar-refractivity contribution < 1.29 is 4.57 Å². The summed E-state index contributed by atoms with van der Waals surface area (Å²) in [6, 6.07) is 21.0. The Kier molecular flexibility index (Phi) is 5.24. The van der Waals surface area contributed by atoms with E-state index in [4.69, 9.17) is 0 Å². The van der Waals surface area contributed by atoms with E-state index in [0.717, 1.165) is 5.92 Å². The van der Waals surface area contributed by atoms with E-state index in [1.54, 1.807) is 5.56 Å².